The largest absolute Gasteiger partial charge is 0.325 e. The van der Waals surface area contributed by atoms with Gasteiger partial charge in [-0.2, -0.15) is 9.78 Å². The fourth-order valence-electron chi connectivity index (χ4n) is 2.72. The third-order valence-electron chi connectivity index (χ3n) is 4.24. The topological polar surface area (TPSA) is 105 Å². The lowest BCUT2D eigenvalue weighted by atomic mass is 9.92. The third-order valence-corrected chi connectivity index (χ3v) is 5.03. The molecule has 0 radical (unpaired) electrons. The van der Waals surface area contributed by atoms with Gasteiger partial charge in [0.2, 0.25) is 5.95 Å². The van der Waals surface area contributed by atoms with Crippen molar-refractivity contribution in [3.63, 3.8) is 0 Å². The summed E-state index contributed by atoms with van der Waals surface area (Å²) in [5.41, 5.74) is 1.59. The number of nitrogens with zero attached hydrogens (tertiary/aromatic N) is 3. The van der Waals surface area contributed by atoms with Crippen molar-refractivity contribution in [2.24, 2.45) is 0 Å². The minimum atomic E-state index is -0.395. The van der Waals surface area contributed by atoms with Crippen LogP contribution in [0.1, 0.15) is 44.6 Å². The van der Waals surface area contributed by atoms with Crippen LogP contribution in [0.4, 0.5) is 15.6 Å². The molecule has 0 saturated carbocycles. The maximum absolute atomic E-state index is 12.4. The van der Waals surface area contributed by atoms with Crippen LogP contribution in [0.15, 0.2) is 28.4 Å². The average molecular weight is 401 g/mol. The average Bonchev–Trinajstić information content (AvgIpc) is 3.23. The normalized spacial score (nSPS) is 11.5. The maximum atomic E-state index is 12.4. The zero-order valence-corrected chi connectivity index (χ0v) is 17.4. The Morgan fingerprint density at radius 2 is 2.07 bits per heavy atom. The summed E-state index contributed by atoms with van der Waals surface area (Å²) in [4.78, 5) is 32.0. The Labute approximate surface area is 167 Å². The monoisotopic (exact) mass is 400 g/mol. The van der Waals surface area contributed by atoms with Gasteiger partial charge in [0.05, 0.1) is 10.7 Å². The van der Waals surface area contributed by atoms with E-state index in [9.17, 15) is 9.59 Å². The number of urea groups is 1. The predicted octanol–water partition coefficient (Wildman–Crippen LogP) is 3.83. The zero-order chi connectivity index (χ0) is 20.5. The number of thiophene rings is 1. The van der Waals surface area contributed by atoms with E-state index in [1.165, 1.54) is 16.0 Å². The van der Waals surface area contributed by atoms with Crippen LogP contribution in [0.2, 0.25) is 0 Å². The van der Waals surface area contributed by atoms with E-state index in [0.29, 0.717) is 23.5 Å². The summed E-state index contributed by atoms with van der Waals surface area (Å²) in [5.74, 6) is 0.687. The maximum Gasteiger partial charge on any atom is 0.325 e. The van der Waals surface area contributed by atoms with Gasteiger partial charge >= 0.3 is 6.03 Å². The standard InChI is InChI=1S/C19H24N6O2S/c1-6-12-11(2)20-17(23-16(12)26)25-14(10-13(24-25)19(3,4)5)21-18(27)22-15-8-7-9-28-15/h7-10H,6H2,1-5H3,(H,20,23,26)(H2,21,22,27). The number of rotatable bonds is 4. The molecule has 3 heterocycles. The van der Waals surface area contributed by atoms with Crippen LogP contribution in [-0.4, -0.2) is 25.8 Å². The minimum absolute atomic E-state index is 0.202. The molecule has 148 valence electrons. The Hall–Kier alpha value is -2.94. The highest BCUT2D eigenvalue weighted by molar-refractivity contribution is 7.14. The summed E-state index contributed by atoms with van der Waals surface area (Å²) in [6.07, 6.45) is 0.592. The molecule has 0 spiro atoms. The Morgan fingerprint density at radius 1 is 1.32 bits per heavy atom. The van der Waals surface area contributed by atoms with E-state index in [2.05, 4.69) is 25.7 Å². The van der Waals surface area contributed by atoms with Gasteiger partial charge in [0.1, 0.15) is 5.82 Å². The Balaban J connectivity index is 2.01. The zero-order valence-electron chi connectivity index (χ0n) is 16.6. The number of carbonyl (C=O) groups is 1. The molecule has 28 heavy (non-hydrogen) atoms. The summed E-state index contributed by atoms with van der Waals surface area (Å²) < 4.78 is 1.46. The van der Waals surface area contributed by atoms with Crippen LogP contribution in [-0.2, 0) is 11.8 Å². The second-order valence-electron chi connectivity index (χ2n) is 7.44. The van der Waals surface area contributed by atoms with Crippen LogP contribution in [0.5, 0.6) is 0 Å². The first-order chi connectivity index (χ1) is 13.2. The van der Waals surface area contributed by atoms with Crippen molar-refractivity contribution in [3.05, 3.63) is 50.9 Å². The lowest BCUT2D eigenvalue weighted by Crippen LogP contribution is -2.23. The highest BCUT2D eigenvalue weighted by Crippen LogP contribution is 2.25. The van der Waals surface area contributed by atoms with E-state index in [0.717, 1.165) is 10.7 Å². The van der Waals surface area contributed by atoms with Gasteiger partial charge < -0.3 is 0 Å². The number of carbonyl (C=O) groups excluding carboxylic acids is 1. The highest BCUT2D eigenvalue weighted by Gasteiger charge is 2.23. The molecule has 0 aliphatic rings. The van der Waals surface area contributed by atoms with Gasteiger partial charge in [-0.25, -0.2) is 9.78 Å². The van der Waals surface area contributed by atoms with E-state index in [1.807, 2.05) is 45.2 Å². The molecule has 3 aromatic rings. The van der Waals surface area contributed by atoms with Crippen LogP contribution in [0.3, 0.4) is 0 Å². The summed E-state index contributed by atoms with van der Waals surface area (Å²) in [6, 6.07) is 5.06. The number of nitrogens with one attached hydrogen (secondary N) is 3. The Bertz CT molecular complexity index is 1040. The van der Waals surface area contributed by atoms with E-state index in [1.54, 1.807) is 13.0 Å². The van der Waals surface area contributed by atoms with Crippen LogP contribution in [0, 0.1) is 6.92 Å². The molecule has 0 bridgehead atoms. The van der Waals surface area contributed by atoms with Crippen molar-refractivity contribution >= 4 is 28.2 Å². The number of aromatic nitrogens is 4. The van der Waals surface area contributed by atoms with Crippen molar-refractivity contribution in [2.75, 3.05) is 10.6 Å². The minimum Gasteiger partial charge on any atom is -0.299 e. The van der Waals surface area contributed by atoms with Gasteiger partial charge in [-0.15, -0.1) is 11.3 Å². The molecule has 0 aliphatic heterocycles. The molecule has 3 aromatic heterocycles. The first kappa shape index (κ1) is 19.8. The first-order valence-corrected chi connectivity index (χ1v) is 9.89. The lowest BCUT2D eigenvalue weighted by Gasteiger charge is -2.14. The van der Waals surface area contributed by atoms with Crippen molar-refractivity contribution in [1.82, 2.24) is 19.7 Å². The Kier molecular flexibility index (Phi) is 5.37. The molecule has 0 unspecified atom stereocenters. The van der Waals surface area contributed by atoms with Gasteiger partial charge in [-0.05, 0) is 30.9 Å². The molecule has 2 amide bonds. The number of aryl methyl sites for hydroxylation is 1. The van der Waals surface area contributed by atoms with Crippen molar-refractivity contribution in [2.45, 2.75) is 46.5 Å². The van der Waals surface area contributed by atoms with Crippen LogP contribution >= 0.6 is 11.3 Å². The quantitative estimate of drug-likeness (QED) is 0.619. The number of H-pyrrole nitrogens is 1. The fraction of sp³-hybridized carbons (Fsp3) is 0.368. The smallest absolute Gasteiger partial charge is 0.299 e. The number of hydrogen-bond donors (Lipinski definition) is 3. The van der Waals surface area contributed by atoms with E-state index >= 15 is 0 Å². The van der Waals surface area contributed by atoms with Crippen molar-refractivity contribution < 1.29 is 4.79 Å². The van der Waals surface area contributed by atoms with E-state index in [4.69, 9.17) is 0 Å². The summed E-state index contributed by atoms with van der Waals surface area (Å²) >= 11 is 1.43. The molecular formula is C19H24N6O2S. The van der Waals surface area contributed by atoms with Crippen molar-refractivity contribution in [1.29, 1.82) is 0 Å². The molecule has 0 aliphatic carbocycles. The van der Waals surface area contributed by atoms with Gasteiger partial charge in [-0.1, -0.05) is 27.7 Å². The van der Waals surface area contributed by atoms with Crippen LogP contribution < -0.4 is 16.2 Å². The fourth-order valence-corrected chi connectivity index (χ4v) is 3.33. The number of aromatic amines is 1. The highest BCUT2D eigenvalue weighted by atomic mass is 32.1. The van der Waals surface area contributed by atoms with Gasteiger partial charge in [0, 0.05) is 22.7 Å². The molecule has 9 heteroatoms. The summed E-state index contributed by atoms with van der Waals surface area (Å²) in [5, 5.41) is 12.8. The number of hydrogen-bond acceptors (Lipinski definition) is 5. The predicted molar refractivity (Wildman–Crippen MR) is 112 cm³/mol. The van der Waals surface area contributed by atoms with Gasteiger partial charge in [-0.3, -0.25) is 20.4 Å². The molecule has 0 aromatic carbocycles. The molecule has 0 saturated heterocycles. The first-order valence-electron chi connectivity index (χ1n) is 9.01. The van der Waals surface area contributed by atoms with E-state index in [-0.39, 0.29) is 16.9 Å². The number of amides is 2. The second kappa shape index (κ2) is 7.59. The second-order valence-corrected chi connectivity index (χ2v) is 8.39. The Morgan fingerprint density at radius 3 is 2.64 bits per heavy atom. The van der Waals surface area contributed by atoms with Gasteiger partial charge in [0.15, 0.2) is 0 Å². The molecule has 3 N–H and O–H groups in total. The molecule has 3 rings (SSSR count). The summed E-state index contributed by atoms with van der Waals surface area (Å²) in [7, 11) is 0. The third kappa shape index (κ3) is 4.14. The number of anilines is 2. The van der Waals surface area contributed by atoms with E-state index < -0.39 is 6.03 Å². The molecule has 0 atom stereocenters. The van der Waals surface area contributed by atoms with Crippen LogP contribution in [0.25, 0.3) is 5.95 Å². The summed E-state index contributed by atoms with van der Waals surface area (Å²) in [6.45, 7) is 9.78. The van der Waals surface area contributed by atoms with Crippen molar-refractivity contribution in [3.8, 4) is 5.95 Å². The van der Waals surface area contributed by atoms with Gasteiger partial charge in [0.25, 0.3) is 5.56 Å². The SMILES string of the molecule is CCc1c(C)nc(-n2nc(C(C)(C)C)cc2NC(=O)Nc2cccs2)[nH]c1=O. The molecule has 8 nitrogen and oxygen atoms in total. The lowest BCUT2D eigenvalue weighted by molar-refractivity contribution is 0.262. The molecule has 0 fully saturated rings. The molecular weight excluding hydrogens is 376 g/mol.